The summed E-state index contributed by atoms with van der Waals surface area (Å²) in [4.78, 5) is 36.3. The molecule has 0 fully saturated rings. The van der Waals surface area contributed by atoms with Gasteiger partial charge in [0.05, 0.1) is 11.1 Å². The summed E-state index contributed by atoms with van der Waals surface area (Å²) in [5, 5.41) is 10.6. The Morgan fingerprint density at radius 2 is 1.58 bits per heavy atom. The largest absolute Gasteiger partial charge is 0.494 e. The van der Waals surface area contributed by atoms with Gasteiger partial charge in [0.25, 0.3) is 0 Å². The van der Waals surface area contributed by atoms with Crippen molar-refractivity contribution in [1.29, 1.82) is 0 Å². The lowest BCUT2D eigenvalue weighted by atomic mass is 10.00. The molecule has 0 saturated heterocycles. The number of fused-ring (bicyclic) bond motifs is 1. The smallest absolute Gasteiger partial charge is 0.230 e. The van der Waals surface area contributed by atoms with E-state index in [1.54, 1.807) is 0 Å². The van der Waals surface area contributed by atoms with Crippen LogP contribution in [0.5, 0.6) is 5.88 Å². The van der Waals surface area contributed by atoms with Gasteiger partial charge in [0.1, 0.15) is 0 Å². The Hall–Kier alpha value is -3.35. The first-order valence-corrected chi connectivity index (χ1v) is 7.61. The van der Waals surface area contributed by atoms with Crippen LogP contribution in [0.25, 0.3) is 10.9 Å². The van der Waals surface area contributed by atoms with Crippen molar-refractivity contribution in [2.24, 2.45) is 0 Å². The van der Waals surface area contributed by atoms with Crippen molar-refractivity contribution >= 4 is 28.4 Å². The summed E-state index contributed by atoms with van der Waals surface area (Å²) < 4.78 is 27.5. The van der Waals surface area contributed by atoms with Crippen LogP contribution >= 0.6 is 0 Å². The van der Waals surface area contributed by atoms with Gasteiger partial charge in [0, 0.05) is 23.4 Å². The summed E-state index contributed by atoms with van der Waals surface area (Å²) in [6.07, 6.45) is 0. The SMILES string of the molecule is CC(=O)c1ccc2c(c1)c(C(=O)c1ccc(F)c(F)c1)c(O)n2C(C)=O. The molecule has 3 aromatic rings. The molecule has 2 aromatic carbocycles. The normalized spacial score (nSPS) is 10.9. The number of carbonyl (C=O) groups excluding carboxylic acids is 3. The van der Waals surface area contributed by atoms with Gasteiger partial charge in [0.2, 0.25) is 11.8 Å². The minimum Gasteiger partial charge on any atom is -0.494 e. The first kappa shape index (κ1) is 17.5. The number of halogens is 2. The van der Waals surface area contributed by atoms with Crippen molar-refractivity contribution in [3.05, 3.63) is 64.7 Å². The van der Waals surface area contributed by atoms with E-state index in [0.29, 0.717) is 6.07 Å². The molecule has 0 saturated carbocycles. The fourth-order valence-electron chi connectivity index (χ4n) is 2.82. The van der Waals surface area contributed by atoms with E-state index in [1.165, 1.54) is 32.0 Å². The van der Waals surface area contributed by atoms with Crippen molar-refractivity contribution in [3.63, 3.8) is 0 Å². The summed E-state index contributed by atoms with van der Waals surface area (Å²) in [6.45, 7) is 2.53. The lowest BCUT2D eigenvalue weighted by Gasteiger charge is -2.03. The molecule has 3 rings (SSSR count). The Kier molecular flexibility index (Phi) is 4.15. The number of Topliss-reactive ketones (excluding diaryl/α,β-unsaturated/α-hetero) is 1. The molecule has 0 aliphatic rings. The Bertz CT molecular complexity index is 1100. The molecule has 0 aliphatic heterocycles. The van der Waals surface area contributed by atoms with E-state index in [-0.39, 0.29) is 33.4 Å². The van der Waals surface area contributed by atoms with E-state index in [1.807, 2.05) is 0 Å². The van der Waals surface area contributed by atoms with Crippen LogP contribution in [0, 0.1) is 11.6 Å². The van der Waals surface area contributed by atoms with Crippen LogP contribution in [-0.4, -0.2) is 27.1 Å². The van der Waals surface area contributed by atoms with Gasteiger partial charge >= 0.3 is 0 Å². The zero-order chi connectivity index (χ0) is 19.2. The lowest BCUT2D eigenvalue weighted by molar-refractivity contribution is 0.0932. The summed E-state index contributed by atoms with van der Waals surface area (Å²) in [7, 11) is 0. The summed E-state index contributed by atoms with van der Waals surface area (Å²) in [5.74, 6) is -4.57. The Balaban J connectivity index is 2.32. The molecule has 26 heavy (non-hydrogen) atoms. The predicted molar refractivity (Wildman–Crippen MR) is 89.7 cm³/mol. The van der Waals surface area contributed by atoms with Gasteiger partial charge in [-0.2, -0.15) is 0 Å². The van der Waals surface area contributed by atoms with Crippen LogP contribution in [-0.2, 0) is 0 Å². The van der Waals surface area contributed by atoms with Gasteiger partial charge in [-0.3, -0.25) is 19.0 Å². The van der Waals surface area contributed by atoms with Gasteiger partial charge in [-0.05, 0) is 43.3 Å². The maximum Gasteiger partial charge on any atom is 0.230 e. The number of hydrogen-bond donors (Lipinski definition) is 1. The van der Waals surface area contributed by atoms with Crippen molar-refractivity contribution in [2.45, 2.75) is 13.8 Å². The Morgan fingerprint density at radius 1 is 0.923 bits per heavy atom. The van der Waals surface area contributed by atoms with Crippen molar-refractivity contribution in [3.8, 4) is 5.88 Å². The molecule has 5 nitrogen and oxygen atoms in total. The van der Waals surface area contributed by atoms with Crippen molar-refractivity contribution < 1.29 is 28.3 Å². The maximum absolute atomic E-state index is 13.5. The zero-order valence-corrected chi connectivity index (χ0v) is 13.8. The molecule has 0 bridgehead atoms. The average Bonchev–Trinajstić information content (AvgIpc) is 2.87. The maximum atomic E-state index is 13.5. The molecule has 132 valence electrons. The molecule has 1 heterocycles. The number of aromatic nitrogens is 1. The van der Waals surface area contributed by atoms with Gasteiger partial charge in [-0.25, -0.2) is 8.78 Å². The molecule has 0 spiro atoms. The van der Waals surface area contributed by atoms with Crippen molar-refractivity contribution in [2.75, 3.05) is 0 Å². The number of rotatable bonds is 3. The molecule has 1 N–H and O–H groups in total. The van der Waals surface area contributed by atoms with Crippen LogP contribution in [0.4, 0.5) is 8.78 Å². The van der Waals surface area contributed by atoms with Crippen LogP contribution in [0.1, 0.15) is 44.9 Å². The highest BCUT2D eigenvalue weighted by Gasteiger charge is 2.26. The zero-order valence-electron chi connectivity index (χ0n) is 13.8. The fourth-order valence-corrected chi connectivity index (χ4v) is 2.82. The summed E-state index contributed by atoms with van der Waals surface area (Å²) in [6, 6.07) is 6.87. The molecule has 0 aliphatic carbocycles. The topological polar surface area (TPSA) is 76.4 Å². The molecule has 0 amide bonds. The molecule has 0 atom stereocenters. The third-order valence-corrected chi connectivity index (χ3v) is 4.07. The van der Waals surface area contributed by atoms with E-state index in [9.17, 15) is 28.3 Å². The Labute approximate surface area is 146 Å². The van der Waals surface area contributed by atoms with E-state index >= 15 is 0 Å². The third-order valence-electron chi connectivity index (χ3n) is 4.07. The van der Waals surface area contributed by atoms with Crippen LogP contribution in [0.15, 0.2) is 36.4 Å². The number of ketones is 2. The molecular weight excluding hydrogens is 344 g/mol. The molecule has 1 aromatic heterocycles. The van der Waals surface area contributed by atoms with Crippen LogP contribution in [0.3, 0.4) is 0 Å². The highest BCUT2D eigenvalue weighted by Crippen LogP contribution is 2.34. The second kappa shape index (κ2) is 6.18. The first-order valence-electron chi connectivity index (χ1n) is 7.61. The second-order valence-electron chi connectivity index (χ2n) is 5.80. The predicted octanol–water partition coefficient (Wildman–Crippen LogP) is 3.72. The summed E-state index contributed by atoms with van der Waals surface area (Å²) in [5.41, 5.74) is 0.0443. The highest BCUT2D eigenvalue weighted by atomic mass is 19.2. The second-order valence-corrected chi connectivity index (χ2v) is 5.80. The number of carbonyl (C=O) groups is 3. The van der Waals surface area contributed by atoms with E-state index in [2.05, 4.69) is 0 Å². The quantitative estimate of drug-likeness (QED) is 0.725. The number of aromatic hydroxyl groups is 1. The summed E-state index contributed by atoms with van der Waals surface area (Å²) >= 11 is 0. The van der Waals surface area contributed by atoms with Gasteiger partial charge in [0.15, 0.2) is 23.2 Å². The van der Waals surface area contributed by atoms with Crippen LogP contribution < -0.4 is 0 Å². The van der Waals surface area contributed by atoms with E-state index in [0.717, 1.165) is 16.7 Å². The first-order chi connectivity index (χ1) is 12.2. The van der Waals surface area contributed by atoms with Crippen molar-refractivity contribution in [1.82, 2.24) is 4.57 Å². The lowest BCUT2D eigenvalue weighted by Crippen LogP contribution is -2.06. The highest BCUT2D eigenvalue weighted by molar-refractivity contribution is 6.20. The molecule has 0 unspecified atom stereocenters. The third kappa shape index (κ3) is 2.67. The monoisotopic (exact) mass is 357 g/mol. The minimum absolute atomic E-state index is 0.167. The average molecular weight is 357 g/mol. The Morgan fingerprint density at radius 3 is 2.15 bits per heavy atom. The molecule has 7 heteroatoms. The standard InChI is InChI=1S/C19H13F2NO4/c1-9(23)11-4-6-16-13(7-11)17(19(26)22(16)10(2)24)18(25)12-3-5-14(20)15(21)8-12/h3-8,26H,1-2H3. The number of hydrogen-bond acceptors (Lipinski definition) is 4. The van der Waals surface area contributed by atoms with Gasteiger partial charge < -0.3 is 5.11 Å². The van der Waals surface area contributed by atoms with Crippen LogP contribution in [0.2, 0.25) is 0 Å². The van der Waals surface area contributed by atoms with Gasteiger partial charge in [-0.15, -0.1) is 0 Å². The minimum atomic E-state index is -1.21. The molecule has 0 radical (unpaired) electrons. The van der Waals surface area contributed by atoms with E-state index in [4.69, 9.17) is 0 Å². The van der Waals surface area contributed by atoms with Gasteiger partial charge in [-0.1, -0.05) is 0 Å². The number of benzene rings is 2. The van der Waals surface area contributed by atoms with E-state index < -0.39 is 29.2 Å². The molecular formula is C19H13F2NO4. The fraction of sp³-hybridized carbons (Fsp3) is 0.105. The number of nitrogens with zero attached hydrogens (tertiary/aromatic N) is 1.